The van der Waals surface area contributed by atoms with Crippen LogP contribution in [0.1, 0.15) is 24.0 Å². The van der Waals surface area contributed by atoms with Crippen molar-refractivity contribution in [3.05, 3.63) is 53.1 Å². The fourth-order valence-electron chi connectivity index (χ4n) is 2.48. The first-order valence-electron chi connectivity index (χ1n) is 6.00. The largest absolute Gasteiger partial charge is 0.381 e. The Labute approximate surface area is 101 Å². The first kappa shape index (κ1) is 10.5. The van der Waals surface area contributed by atoms with Gasteiger partial charge in [0, 0.05) is 6.08 Å². The predicted octanol–water partition coefficient (Wildman–Crippen LogP) is 2.71. The highest BCUT2D eigenvalue weighted by molar-refractivity contribution is 6.13. The second kappa shape index (κ2) is 4.30. The Morgan fingerprint density at radius 3 is 2.41 bits per heavy atom. The molecule has 3 rings (SSSR count). The number of ether oxygens (including phenoxy) is 1. The average Bonchev–Trinajstić information content (AvgIpc) is 2.41. The molecule has 2 aliphatic rings. The number of rotatable bonds is 0. The van der Waals surface area contributed by atoms with Gasteiger partial charge in [-0.1, -0.05) is 23.8 Å². The molecule has 1 aliphatic heterocycles. The minimum Gasteiger partial charge on any atom is -0.381 e. The van der Waals surface area contributed by atoms with Gasteiger partial charge in [0.15, 0.2) is 0 Å². The summed E-state index contributed by atoms with van der Waals surface area (Å²) in [5.74, 6) is 0.358. The SMILES string of the molecule is [OH+]=C1C=CC(=C2CCOCC2)c2ccccc21. The van der Waals surface area contributed by atoms with Crippen LogP contribution in [0.25, 0.3) is 5.57 Å². The summed E-state index contributed by atoms with van der Waals surface area (Å²) in [4.78, 5) is 9.86. The third kappa shape index (κ3) is 1.85. The van der Waals surface area contributed by atoms with Gasteiger partial charge in [-0.25, -0.2) is 0 Å². The highest BCUT2D eigenvalue weighted by Gasteiger charge is 2.22. The Morgan fingerprint density at radius 2 is 1.65 bits per heavy atom. The Morgan fingerprint density at radius 1 is 0.941 bits per heavy atom. The summed E-state index contributed by atoms with van der Waals surface area (Å²) in [6.07, 6.45) is 5.81. The molecule has 0 saturated carbocycles. The molecule has 0 aromatic heterocycles. The van der Waals surface area contributed by atoms with Crippen LogP contribution in [0.3, 0.4) is 0 Å². The van der Waals surface area contributed by atoms with Gasteiger partial charge in [-0.3, -0.25) is 4.79 Å². The van der Waals surface area contributed by atoms with Gasteiger partial charge in [-0.2, -0.15) is 0 Å². The smallest absolute Gasteiger partial charge is 0.347 e. The summed E-state index contributed by atoms with van der Waals surface area (Å²) in [5, 5.41) is 0. The summed E-state index contributed by atoms with van der Waals surface area (Å²) in [7, 11) is 0. The van der Waals surface area contributed by atoms with Gasteiger partial charge >= 0.3 is 5.78 Å². The van der Waals surface area contributed by atoms with Crippen molar-refractivity contribution >= 4 is 11.4 Å². The molecule has 1 fully saturated rings. The molecule has 0 amide bonds. The van der Waals surface area contributed by atoms with Gasteiger partial charge in [-0.15, -0.1) is 0 Å². The van der Waals surface area contributed by atoms with E-state index in [1.807, 2.05) is 24.3 Å². The maximum Gasteiger partial charge on any atom is 0.347 e. The van der Waals surface area contributed by atoms with Crippen molar-refractivity contribution in [3.8, 4) is 0 Å². The van der Waals surface area contributed by atoms with Crippen LogP contribution in [-0.2, 0) is 4.74 Å². The van der Waals surface area contributed by atoms with Crippen LogP contribution in [-0.4, -0.2) is 23.8 Å². The van der Waals surface area contributed by atoms with Gasteiger partial charge in [0.05, 0.1) is 18.8 Å². The van der Waals surface area contributed by atoms with E-state index in [2.05, 4.69) is 6.07 Å². The lowest BCUT2D eigenvalue weighted by atomic mass is 9.87. The molecule has 1 saturated heterocycles. The summed E-state index contributed by atoms with van der Waals surface area (Å²) in [6, 6.07) is 8.02. The van der Waals surface area contributed by atoms with Crippen LogP contribution >= 0.6 is 0 Å². The number of carbonyl (C=O) groups excluding carboxylic acids is 1. The van der Waals surface area contributed by atoms with Crippen molar-refractivity contribution in [1.29, 1.82) is 0 Å². The molecular weight excluding hydrogens is 212 g/mol. The molecule has 1 aromatic carbocycles. The maximum absolute atomic E-state index is 9.86. The molecule has 1 N–H and O–H groups in total. The highest BCUT2D eigenvalue weighted by atomic mass is 16.5. The molecule has 1 aliphatic carbocycles. The predicted molar refractivity (Wildman–Crippen MR) is 68.6 cm³/mol. The zero-order valence-electron chi connectivity index (χ0n) is 9.65. The first-order valence-corrected chi connectivity index (χ1v) is 6.00. The van der Waals surface area contributed by atoms with E-state index in [0.717, 1.165) is 37.2 Å². The first-order chi connectivity index (χ1) is 8.36. The van der Waals surface area contributed by atoms with Crippen LogP contribution in [0.4, 0.5) is 0 Å². The lowest BCUT2D eigenvalue weighted by Crippen LogP contribution is -2.12. The molecule has 0 unspecified atom stereocenters. The van der Waals surface area contributed by atoms with E-state index >= 15 is 0 Å². The third-order valence-corrected chi connectivity index (χ3v) is 3.38. The molecule has 17 heavy (non-hydrogen) atoms. The van der Waals surface area contributed by atoms with E-state index in [0.29, 0.717) is 5.78 Å². The summed E-state index contributed by atoms with van der Waals surface area (Å²) in [5.41, 5.74) is 4.78. The Kier molecular flexibility index (Phi) is 2.65. The maximum atomic E-state index is 9.86. The molecule has 1 aromatic rings. The number of ketones is 1. The van der Waals surface area contributed by atoms with Crippen LogP contribution in [0.2, 0.25) is 0 Å². The van der Waals surface area contributed by atoms with E-state index in [-0.39, 0.29) is 0 Å². The van der Waals surface area contributed by atoms with E-state index in [4.69, 9.17) is 4.74 Å². The van der Waals surface area contributed by atoms with Crippen LogP contribution in [0.15, 0.2) is 42.0 Å². The minimum absolute atomic E-state index is 0.358. The lowest BCUT2D eigenvalue weighted by molar-refractivity contribution is 0.119. The van der Waals surface area contributed by atoms with Gasteiger partial charge in [0.2, 0.25) is 0 Å². The second-order valence-electron chi connectivity index (χ2n) is 4.39. The number of benzene rings is 1. The van der Waals surface area contributed by atoms with Crippen molar-refractivity contribution in [2.75, 3.05) is 13.2 Å². The molecule has 2 heteroatoms. The van der Waals surface area contributed by atoms with Crippen LogP contribution < -0.4 is 0 Å². The van der Waals surface area contributed by atoms with Crippen LogP contribution in [0, 0.1) is 0 Å². The lowest BCUT2D eigenvalue weighted by Gasteiger charge is -2.20. The Hall–Kier alpha value is -1.67. The quantitative estimate of drug-likeness (QED) is 0.627. The standard InChI is InChI=1S/C15H14O2/c16-15-6-5-12(11-7-9-17-10-8-11)13-3-1-2-4-14(13)15/h1-6H,7-10H2/p+1. The number of hydrogen-bond donors (Lipinski definition) is 0. The Balaban J connectivity index is 2.13. The van der Waals surface area contributed by atoms with E-state index in [1.54, 1.807) is 6.08 Å². The molecule has 0 atom stereocenters. The summed E-state index contributed by atoms with van der Waals surface area (Å²) >= 11 is 0. The normalized spacial score (nSPS) is 19.4. The topological polar surface area (TPSA) is 30.6 Å². The highest BCUT2D eigenvalue weighted by Crippen LogP contribution is 2.32. The van der Waals surface area contributed by atoms with Gasteiger partial charge in [-0.05, 0) is 36.1 Å². The van der Waals surface area contributed by atoms with Crippen molar-refractivity contribution in [2.45, 2.75) is 12.8 Å². The number of fused-ring (bicyclic) bond motifs is 1. The van der Waals surface area contributed by atoms with Crippen molar-refractivity contribution in [2.24, 2.45) is 0 Å². The molecule has 86 valence electrons. The zero-order chi connectivity index (χ0) is 11.7. The Bertz CT molecular complexity index is 515. The fraction of sp³-hybridized carbons (Fsp3) is 0.267. The van der Waals surface area contributed by atoms with Gasteiger partial charge in [0.1, 0.15) is 0 Å². The van der Waals surface area contributed by atoms with Crippen molar-refractivity contribution in [3.63, 3.8) is 0 Å². The summed E-state index contributed by atoms with van der Waals surface area (Å²) < 4.78 is 5.39. The number of allylic oxidation sites excluding steroid dienone is 3. The third-order valence-electron chi connectivity index (χ3n) is 3.38. The monoisotopic (exact) mass is 227 g/mol. The molecular formula is C15H15O2+. The fourth-order valence-corrected chi connectivity index (χ4v) is 2.48. The van der Waals surface area contributed by atoms with Crippen molar-refractivity contribution in [1.82, 2.24) is 0 Å². The average molecular weight is 227 g/mol. The summed E-state index contributed by atoms with van der Waals surface area (Å²) in [6.45, 7) is 1.62. The van der Waals surface area contributed by atoms with E-state index in [9.17, 15) is 4.79 Å². The molecule has 0 bridgehead atoms. The van der Waals surface area contributed by atoms with Crippen LogP contribution in [0.5, 0.6) is 0 Å². The number of hydrogen-bond acceptors (Lipinski definition) is 1. The van der Waals surface area contributed by atoms with Gasteiger partial charge in [0.25, 0.3) is 0 Å². The molecule has 0 radical (unpaired) electrons. The van der Waals surface area contributed by atoms with E-state index < -0.39 is 0 Å². The molecule has 2 nitrogen and oxygen atoms in total. The van der Waals surface area contributed by atoms with Crippen molar-refractivity contribution < 1.29 is 9.53 Å². The van der Waals surface area contributed by atoms with Gasteiger partial charge < -0.3 is 4.74 Å². The second-order valence-corrected chi connectivity index (χ2v) is 4.39. The molecule has 1 heterocycles. The van der Waals surface area contributed by atoms with E-state index in [1.165, 1.54) is 11.1 Å². The molecule has 0 spiro atoms. The minimum atomic E-state index is 0.358. The zero-order valence-corrected chi connectivity index (χ0v) is 9.65.